The van der Waals surface area contributed by atoms with E-state index in [2.05, 4.69) is 15.5 Å². The Hall–Kier alpha value is -1.20. The van der Waals surface area contributed by atoms with Gasteiger partial charge in [-0.1, -0.05) is 0 Å². The molecule has 17 heavy (non-hydrogen) atoms. The van der Waals surface area contributed by atoms with Crippen LogP contribution in [-0.2, 0) is 4.74 Å². The van der Waals surface area contributed by atoms with E-state index < -0.39 is 0 Å². The number of aromatic nitrogens is 2. The molecule has 92 valence electrons. The number of hydrogen-bond acceptors (Lipinski definition) is 5. The Kier molecular flexibility index (Phi) is 2.72. The fourth-order valence-corrected chi connectivity index (χ4v) is 2.83. The van der Waals surface area contributed by atoms with E-state index in [4.69, 9.17) is 10.5 Å². The van der Waals surface area contributed by atoms with E-state index in [0.29, 0.717) is 5.92 Å². The Balaban J connectivity index is 1.69. The number of nitrogens with zero attached hydrogens (tertiary/aromatic N) is 2. The Morgan fingerprint density at radius 1 is 1.53 bits per heavy atom. The summed E-state index contributed by atoms with van der Waals surface area (Å²) in [7, 11) is 0. The van der Waals surface area contributed by atoms with Crippen molar-refractivity contribution in [3.8, 4) is 0 Å². The molecule has 1 aliphatic carbocycles. The van der Waals surface area contributed by atoms with E-state index in [9.17, 15) is 0 Å². The highest BCUT2D eigenvalue weighted by atomic mass is 16.5. The molecule has 4 atom stereocenters. The van der Waals surface area contributed by atoms with Gasteiger partial charge in [0, 0.05) is 18.6 Å². The minimum Gasteiger partial charge on any atom is -0.376 e. The summed E-state index contributed by atoms with van der Waals surface area (Å²) in [6, 6.07) is 2.33. The van der Waals surface area contributed by atoms with Crippen LogP contribution < -0.4 is 11.1 Å². The quantitative estimate of drug-likeness (QED) is 0.788. The number of hydrogen-bond donors (Lipinski definition) is 2. The second kappa shape index (κ2) is 4.23. The second-order valence-electron chi connectivity index (χ2n) is 5.01. The standard InChI is InChI=1S/C12H18N4O/c1-7-5-9(16-14-6-7)15-11-10(13)8-3-2-4-17-12(8)11/h5-6,8,10-12H,2-4,13H2,1H3,(H,15,16). The van der Waals surface area contributed by atoms with Crippen LogP contribution in [0, 0.1) is 12.8 Å². The Labute approximate surface area is 101 Å². The van der Waals surface area contributed by atoms with E-state index in [0.717, 1.165) is 24.4 Å². The zero-order valence-electron chi connectivity index (χ0n) is 9.97. The van der Waals surface area contributed by atoms with Gasteiger partial charge in [0.25, 0.3) is 0 Å². The van der Waals surface area contributed by atoms with E-state index >= 15 is 0 Å². The lowest BCUT2D eigenvalue weighted by Crippen LogP contribution is -2.69. The molecule has 5 nitrogen and oxygen atoms in total. The zero-order valence-corrected chi connectivity index (χ0v) is 9.97. The topological polar surface area (TPSA) is 73.1 Å². The predicted molar refractivity (Wildman–Crippen MR) is 64.6 cm³/mol. The van der Waals surface area contributed by atoms with Crippen LogP contribution in [0.3, 0.4) is 0 Å². The van der Waals surface area contributed by atoms with Gasteiger partial charge in [-0.2, -0.15) is 5.10 Å². The maximum Gasteiger partial charge on any atom is 0.149 e. The molecule has 4 unspecified atom stereocenters. The summed E-state index contributed by atoms with van der Waals surface area (Å²) >= 11 is 0. The first-order valence-electron chi connectivity index (χ1n) is 6.19. The molecule has 0 amide bonds. The number of rotatable bonds is 2. The molecular weight excluding hydrogens is 216 g/mol. The third-order valence-corrected chi connectivity index (χ3v) is 3.78. The van der Waals surface area contributed by atoms with Gasteiger partial charge in [0.1, 0.15) is 5.82 Å². The minimum atomic E-state index is 0.169. The van der Waals surface area contributed by atoms with Crippen molar-refractivity contribution >= 4 is 5.82 Å². The lowest BCUT2D eigenvalue weighted by Gasteiger charge is -2.52. The third-order valence-electron chi connectivity index (χ3n) is 3.78. The van der Waals surface area contributed by atoms with Crippen LogP contribution >= 0.6 is 0 Å². The summed E-state index contributed by atoms with van der Waals surface area (Å²) in [6.45, 7) is 2.85. The third kappa shape index (κ3) is 1.89. The highest BCUT2D eigenvalue weighted by Crippen LogP contribution is 2.38. The van der Waals surface area contributed by atoms with Gasteiger partial charge in [0.15, 0.2) is 0 Å². The van der Waals surface area contributed by atoms with Crippen LogP contribution in [-0.4, -0.2) is 35.0 Å². The Morgan fingerprint density at radius 2 is 2.41 bits per heavy atom. The van der Waals surface area contributed by atoms with Crippen LogP contribution in [0.1, 0.15) is 18.4 Å². The summed E-state index contributed by atoms with van der Waals surface area (Å²) < 4.78 is 5.77. The normalized spacial score (nSPS) is 35.9. The van der Waals surface area contributed by atoms with Gasteiger partial charge in [-0.25, -0.2) is 0 Å². The number of anilines is 1. The molecule has 1 saturated heterocycles. The van der Waals surface area contributed by atoms with Crippen molar-refractivity contribution in [3.63, 3.8) is 0 Å². The monoisotopic (exact) mass is 234 g/mol. The fraction of sp³-hybridized carbons (Fsp3) is 0.667. The molecule has 0 aromatic carbocycles. The molecule has 0 spiro atoms. The van der Waals surface area contributed by atoms with E-state index in [1.807, 2.05) is 13.0 Å². The molecule has 2 fully saturated rings. The summed E-state index contributed by atoms with van der Waals surface area (Å²) in [5.74, 6) is 1.30. The highest BCUT2D eigenvalue weighted by molar-refractivity contribution is 5.39. The van der Waals surface area contributed by atoms with Gasteiger partial charge in [0.2, 0.25) is 0 Å². The Morgan fingerprint density at radius 3 is 3.24 bits per heavy atom. The van der Waals surface area contributed by atoms with Gasteiger partial charge in [-0.3, -0.25) is 0 Å². The molecule has 0 bridgehead atoms. The molecule has 1 aromatic rings. The minimum absolute atomic E-state index is 0.169. The van der Waals surface area contributed by atoms with Gasteiger partial charge < -0.3 is 15.8 Å². The lowest BCUT2D eigenvalue weighted by atomic mass is 9.68. The van der Waals surface area contributed by atoms with Crippen molar-refractivity contribution in [1.29, 1.82) is 0 Å². The van der Waals surface area contributed by atoms with Crippen LogP contribution in [0.15, 0.2) is 12.3 Å². The zero-order chi connectivity index (χ0) is 11.8. The van der Waals surface area contributed by atoms with Crippen molar-refractivity contribution in [2.24, 2.45) is 11.7 Å². The van der Waals surface area contributed by atoms with Crippen LogP contribution in [0.2, 0.25) is 0 Å². The maximum absolute atomic E-state index is 6.17. The summed E-state index contributed by atoms with van der Waals surface area (Å²) in [4.78, 5) is 0. The predicted octanol–water partition coefficient (Wildman–Crippen LogP) is 0.702. The molecule has 0 radical (unpaired) electrons. The van der Waals surface area contributed by atoms with Crippen molar-refractivity contribution in [3.05, 3.63) is 17.8 Å². The second-order valence-corrected chi connectivity index (χ2v) is 5.01. The molecular formula is C12H18N4O. The SMILES string of the molecule is Cc1cnnc(NC2C(N)C3CCCOC32)c1. The molecule has 2 heterocycles. The van der Waals surface area contributed by atoms with Crippen LogP contribution in [0.25, 0.3) is 0 Å². The van der Waals surface area contributed by atoms with Gasteiger partial charge in [-0.05, 0) is 31.4 Å². The van der Waals surface area contributed by atoms with Gasteiger partial charge >= 0.3 is 0 Å². The van der Waals surface area contributed by atoms with E-state index in [1.165, 1.54) is 6.42 Å². The molecule has 2 aliphatic rings. The smallest absolute Gasteiger partial charge is 0.149 e. The average Bonchev–Trinajstić information content (AvgIpc) is 2.36. The average molecular weight is 234 g/mol. The van der Waals surface area contributed by atoms with Crippen molar-refractivity contribution < 1.29 is 4.74 Å². The van der Waals surface area contributed by atoms with Gasteiger partial charge in [-0.15, -0.1) is 5.10 Å². The molecule has 5 heteroatoms. The van der Waals surface area contributed by atoms with Crippen LogP contribution in [0.5, 0.6) is 0 Å². The highest BCUT2D eigenvalue weighted by Gasteiger charge is 2.50. The Bertz CT molecular complexity index is 411. The molecule has 1 saturated carbocycles. The van der Waals surface area contributed by atoms with Crippen molar-refractivity contribution in [2.75, 3.05) is 11.9 Å². The van der Waals surface area contributed by atoms with Crippen molar-refractivity contribution in [1.82, 2.24) is 10.2 Å². The molecule has 1 aromatic heterocycles. The summed E-state index contributed by atoms with van der Waals surface area (Å²) in [5.41, 5.74) is 7.27. The van der Waals surface area contributed by atoms with Crippen molar-refractivity contribution in [2.45, 2.75) is 38.0 Å². The van der Waals surface area contributed by atoms with Crippen LogP contribution in [0.4, 0.5) is 5.82 Å². The number of nitrogens with one attached hydrogen (secondary N) is 1. The summed E-state index contributed by atoms with van der Waals surface area (Å²) in [5, 5.41) is 11.3. The maximum atomic E-state index is 6.17. The summed E-state index contributed by atoms with van der Waals surface area (Å²) in [6.07, 6.45) is 4.31. The molecule has 1 aliphatic heterocycles. The first-order valence-corrected chi connectivity index (χ1v) is 6.19. The number of ether oxygens (including phenoxy) is 1. The number of aryl methyl sites for hydroxylation is 1. The number of fused-ring (bicyclic) bond motifs is 1. The number of nitrogens with two attached hydrogens (primary N) is 1. The molecule has 3 rings (SSSR count). The van der Waals surface area contributed by atoms with E-state index in [-0.39, 0.29) is 18.2 Å². The lowest BCUT2D eigenvalue weighted by molar-refractivity contribution is -0.104. The fourth-order valence-electron chi connectivity index (χ4n) is 2.83. The molecule has 3 N–H and O–H groups in total. The van der Waals surface area contributed by atoms with E-state index in [1.54, 1.807) is 6.20 Å². The first-order chi connectivity index (χ1) is 8.25. The largest absolute Gasteiger partial charge is 0.376 e. The van der Waals surface area contributed by atoms with Gasteiger partial charge in [0.05, 0.1) is 18.3 Å². The first kappa shape index (κ1) is 10.9.